The Morgan fingerprint density at radius 2 is 1.86 bits per heavy atom. The molecule has 2 heterocycles. The molecule has 2 N–H and O–H groups in total. The molecule has 1 aliphatic rings. The third-order valence-electron chi connectivity index (χ3n) is 5.39. The largest absolute Gasteiger partial charge is 0.493 e. The number of aliphatic carboxylic acids is 1. The molecule has 182 valence electrons. The maximum Gasteiger partial charge on any atom is 0.341 e. The van der Waals surface area contributed by atoms with Gasteiger partial charge in [-0.05, 0) is 29.8 Å². The van der Waals surface area contributed by atoms with Crippen LogP contribution in [-0.4, -0.2) is 40.0 Å². The Bertz CT molecular complexity index is 1390. The minimum Gasteiger partial charge on any atom is -0.493 e. The molecule has 0 saturated heterocycles. The van der Waals surface area contributed by atoms with E-state index in [1.54, 1.807) is 18.2 Å². The topological polar surface area (TPSA) is 116 Å². The Morgan fingerprint density at radius 1 is 1.06 bits per heavy atom. The minimum atomic E-state index is -1.07. The molecule has 0 saturated carbocycles. The summed E-state index contributed by atoms with van der Waals surface area (Å²) in [6.07, 6.45) is -0.626. The molecule has 10 heteroatoms. The number of nitrogens with zero attached hydrogens (tertiary/aromatic N) is 3. The number of carboxylic acids is 1. The highest BCUT2D eigenvalue weighted by atomic mass is 32.2. The van der Waals surface area contributed by atoms with Crippen molar-refractivity contribution in [2.24, 2.45) is 0 Å². The molecule has 1 atom stereocenters. The highest BCUT2D eigenvalue weighted by Crippen LogP contribution is 2.41. The van der Waals surface area contributed by atoms with Crippen molar-refractivity contribution in [1.29, 1.82) is 0 Å². The fourth-order valence-electron chi connectivity index (χ4n) is 3.69. The summed E-state index contributed by atoms with van der Waals surface area (Å²) in [5.74, 6) is 0.692. The third-order valence-corrected chi connectivity index (χ3v) is 6.29. The van der Waals surface area contributed by atoms with Crippen molar-refractivity contribution in [3.8, 4) is 28.6 Å². The van der Waals surface area contributed by atoms with Gasteiger partial charge in [0.15, 0.2) is 30.0 Å². The Morgan fingerprint density at radius 3 is 2.67 bits per heavy atom. The molecule has 5 rings (SSSR count). The van der Waals surface area contributed by atoms with Crippen molar-refractivity contribution in [3.63, 3.8) is 0 Å². The van der Waals surface area contributed by atoms with Gasteiger partial charge in [0.1, 0.15) is 0 Å². The number of carbonyl (C=O) groups is 1. The molecule has 4 aromatic rings. The van der Waals surface area contributed by atoms with Gasteiger partial charge in [0.25, 0.3) is 0 Å². The van der Waals surface area contributed by atoms with Crippen LogP contribution in [0.2, 0.25) is 0 Å². The summed E-state index contributed by atoms with van der Waals surface area (Å²) in [5.41, 5.74) is 4.06. The van der Waals surface area contributed by atoms with E-state index in [1.807, 2.05) is 54.6 Å². The third kappa shape index (κ3) is 5.18. The van der Waals surface area contributed by atoms with Crippen LogP contribution in [0.1, 0.15) is 17.4 Å². The van der Waals surface area contributed by atoms with E-state index in [2.05, 4.69) is 20.5 Å². The molecule has 0 fully saturated rings. The number of rotatable bonds is 8. The molecule has 0 spiro atoms. The molecule has 9 nitrogen and oxygen atoms in total. The number of anilines is 1. The second-order valence-corrected chi connectivity index (χ2v) is 8.75. The molecule has 1 aliphatic heterocycles. The second kappa shape index (κ2) is 10.5. The summed E-state index contributed by atoms with van der Waals surface area (Å²) in [7, 11) is 1.49. The van der Waals surface area contributed by atoms with Gasteiger partial charge in [0.2, 0.25) is 11.0 Å². The Balaban J connectivity index is 1.46. The highest BCUT2D eigenvalue weighted by molar-refractivity contribution is 7.98. The van der Waals surface area contributed by atoms with Crippen molar-refractivity contribution in [2.45, 2.75) is 17.1 Å². The van der Waals surface area contributed by atoms with Crippen LogP contribution in [0, 0.1) is 0 Å². The predicted molar refractivity (Wildman–Crippen MR) is 134 cm³/mol. The van der Waals surface area contributed by atoms with Gasteiger partial charge in [0.05, 0.1) is 7.11 Å². The molecule has 0 bridgehead atoms. The van der Waals surface area contributed by atoms with Crippen molar-refractivity contribution >= 4 is 23.4 Å². The normalized spacial score (nSPS) is 13.9. The first-order valence-electron chi connectivity index (χ1n) is 11.1. The molecule has 0 unspecified atom stereocenters. The highest BCUT2D eigenvalue weighted by Gasteiger charge is 2.27. The van der Waals surface area contributed by atoms with Crippen molar-refractivity contribution in [3.05, 3.63) is 83.9 Å². The van der Waals surface area contributed by atoms with E-state index in [0.717, 1.165) is 22.4 Å². The quantitative estimate of drug-likeness (QED) is 0.325. The van der Waals surface area contributed by atoms with E-state index in [9.17, 15) is 4.79 Å². The summed E-state index contributed by atoms with van der Waals surface area (Å²) >= 11 is 1.48. The molecular formula is C26H22N4O5S. The summed E-state index contributed by atoms with van der Waals surface area (Å²) in [5, 5.41) is 21.6. The zero-order valence-electron chi connectivity index (χ0n) is 19.2. The van der Waals surface area contributed by atoms with Crippen LogP contribution in [0.25, 0.3) is 11.3 Å². The number of fused-ring (bicyclic) bond motifs is 3. The lowest BCUT2D eigenvalue weighted by Gasteiger charge is -2.20. The first-order chi connectivity index (χ1) is 17.6. The number of ether oxygens (including phenoxy) is 3. The van der Waals surface area contributed by atoms with Crippen LogP contribution < -0.4 is 19.5 Å². The van der Waals surface area contributed by atoms with Gasteiger partial charge in [-0.1, -0.05) is 60.3 Å². The predicted octanol–water partition coefficient (Wildman–Crippen LogP) is 4.81. The van der Waals surface area contributed by atoms with Gasteiger partial charge in [0, 0.05) is 22.6 Å². The Labute approximate surface area is 211 Å². The van der Waals surface area contributed by atoms with Crippen LogP contribution in [-0.2, 0) is 10.5 Å². The van der Waals surface area contributed by atoms with E-state index in [0.29, 0.717) is 34.0 Å². The zero-order chi connectivity index (χ0) is 24.9. The van der Waals surface area contributed by atoms with Crippen LogP contribution in [0.5, 0.6) is 17.4 Å². The number of thioether (sulfide) groups is 1. The van der Waals surface area contributed by atoms with E-state index in [4.69, 9.17) is 19.3 Å². The van der Waals surface area contributed by atoms with Crippen molar-refractivity contribution in [1.82, 2.24) is 15.2 Å². The summed E-state index contributed by atoms with van der Waals surface area (Å²) in [6.45, 7) is -0.472. The monoisotopic (exact) mass is 502 g/mol. The van der Waals surface area contributed by atoms with Crippen LogP contribution in [0.15, 0.2) is 78.0 Å². The van der Waals surface area contributed by atoms with Gasteiger partial charge >= 0.3 is 5.97 Å². The van der Waals surface area contributed by atoms with Crippen molar-refractivity contribution in [2.75, 3.05) is 19.0 Å². The lowest BCUT2D eigenvalue weighted by atomic mass is 10.1. The number of aromatic nitrogens is 3. The van der Waals surface area contributed by atoms with Crippen LogP contribution in [0.3, 0.4) is 0 Å². The number of benzene rings is 3. The molecule has 0 amide bonds. The Hall–Kier alpha value is -4.31. The van der Waals surface area contributed by atoms with E-state index in [1.165, 1.54) is 18.9 Å². The maximum absolute atomic E-state index is 10.9. The smallest absolute Gasteiger partial charge is 0.341 e. The summed E-state index contributed by atoms with van der Waals surface area (Å²) in [4.78, 5) is 15.6. The van der Waals surface area contributed by atoms with Crippen LogP contribution in [0.4, 0.5) is 5.69 Å². The summed E-state index contributed by atoms with van der Waals surface area (Å²) < 4.78 is 17.1. The number of methoxy groups -OCH3 is 1. The lowest BCUT2D eigenvalue weighted by molar-refractivity contribution is -0.139. The number of nitrogens with one attached hydrogen (secondary N) is 1. The fourth-order valence-corrected chi connectivity index (χ4v) is 4.42. The van der Waals surface area contributed by atoms with Gasteiger partial charge < -0.3 is 24.6 Å². The van der Waals surface area contributed by atoms with Gasteiger partial charge in [-0.15, -0.1) is 10.2 Å². The van der Waals surface area contributed by atoms with E-state index < -0.39 is 18.8 Å². The lowest BCUT2D eigenvalue weighted by Crippen LogP contribution is -2.17. The number of hydrogen-bond acceptors (Lipinski definition) is 9. The molecule has 3 aromatic carbocycles. The second-order valence-electron chi connectivity index (χ2n) is 7.80. The molecule has 0 radical (unpaired) electrons. The van der Waals surface area contributed by atoms with Gasteiger partial charge in [-0.3, -0.25) is 0 Å². The molecule has 36 heavy (non-hydrogen) atoms. The zero-order valence-corrected chi connectivity index (χ0v) is 20.1. The maximum atomic E-state index is 10.9. The minimum absolute atomic E-state index is 0.321. The van der Waals surface area contributed by atoms with Gasteiger partial charge in [-0.25, -0.2) is 4.79 Å². The first-order valence-corrected chi connectivity index (χ1v) is 12.1. The average Bonchev–Trinajstić information content (AvgIpc) is 3.07. The van der Waals surface area contributed by atoms with Crippen molar-refractivity contribution < 1.29 is 24.1 Å². The number of para-hydroxylation sites is 1. The fraction of sp³-hybridized carbons (Fsp3) is 0.154. The standard InChI is InChI=1S/C26H22N4O5S/c1-33-21-13-17(11-12-20(21)34-14-22(31)32)24-27-19-10-6-5-9-18(19)23-25(35-24)28-26(30-29-23)36-15-16-7-3-2-4-8-16/h2-13,24,27H,14-15H2,1H3,(H,31,32)/t24-/m1/s1. The SMILES string of the molecule is COc1cc([C@@H]2Nc3ccccc3-c3nnc(SCc4ccccc4)nc3O2)ccc1OCC(=O)O. The van der Waals surface area contributed by atoms with E-state index >= 15 is 0 Å². The first kappa shape index (κ1) is 23.4. The number of carboxylic acid groups (broad SMARTS) is 1. The average molecular weight is 503 g/mol. The molecule has 1 aromatic heterocycles. The van der Waals surface area contributed by atoms with Gasteiger partial charge in [-0.2, -0.15) is 4.98 Å². The van der Waals surface area contributed by atoms with E-state index in [-0.39, 0.29) is 0 Å². The molecule has 0 aliphatic carbocycles. The molecular weight excluding hydrogens is 480 g/mol. The van der Waals surface area contributed by atoms with Crippen LogP contribution >= 0.6 is 11.8 Å². The number of hydrogen-bond donors (Lipinski definition) is 2. The summed E-state index contributed by atoms with van der Waals surface area (Å²) in [6, 6.07) is 22.9. The Kier molecular flexibility index (Phi) is 6.85.